The van der Waals surface area contributed by atoms with E-state index in [0.29, 0.717) is 17.9 Å². The fourth-order valence-electron chi connectivity index (χ4n) is 4.55. The van der Waals surface area contributed by atoms with Gasteiger partial charge in [0.1, 0.15) is 5.69 Å². The maximum Gasteiger partial charge on any atom is 0.301 e. The molecule has 2 aromatic carbocycles. The molecule has 0 unspecified atom stereocenters. The van der Waals surface area contributed by atoms with Crippen LogP contribution in [0.2, 0.25) is 0 Å². The van der Waals surface area contributed by atoms with E-state index in [-0.39, 0.29) is 5.56 Å². The van der Waals surface area contributed by atoms with Crippen molar-refractivity contribution in [3.63, 3.8) is 0 Å². The molecule has 4 heterocycles. The highest BCUT2D eigenvalue weighted by Crippen LogP contribution is 2.27. The Balaban J connectivity index is 1.45. The third kappa shape index (κ3) is 3.65. The zero-order chi connectivity index (χ0) is 24.8. The summed E-state index contributed by atoms with van der Waals surface area (Å²) in [5.41, 5.74) is 8.41. The zero-order valence-electron chi connectivity index (χ0n) is 20.3. The Morgan fingerprint density at radius 1 is 0.833 bits per heavy atom. The topological polar surface area (TPSA) is 78.5 Å². The molecule has 0 saturated carbocycles. The average Bonchev–Trinajstić information content (AvgIpc) is 3.22. The molecule has 7 nitrogen and oxygen atoms in total. The van der Waals surface area contributed by atoms with Crippen molar-refractivity contribution in [1.29, 1.82) is 0 Å². The minimum Gasteiger partial charge on any atom is -0.265 e. The van der Waals surface area contributed by atoms with Crippen LogP contribution >= 0.6 is 0 Å². The van der Waals surface area contributed by atoms with Gasteiger partial charge in [0.15, 0.2) is 5.69 Å². The van der Waals surface area contributed by atoms with Gasteiger partial charge in [-0.15, -0.1) is 0 Å². The van der Waals surface area contributed by atoms with Gasteiger partial charge in [0, 0.05) is 29.0 Å². The fourth-order valence-corrected chi connectivity index (χ4v) is 4.55. The lowest BCUT2D eigenvalue weighted by Gasteiger charge is -2.12. The number of rotatable bonds is 4. The van der Waals surface area contributed by atoms with E-state index in [1.807, 2.05) is 98.4 Å². The van der Waals surface area contributed by atoms with Gasteiger partial charge in [0.05, 0.1) is 23.4 Å². The molecule has 7 heteroatoms. The molecule has 0 bridgehead atoms. The van der Waals surface area contributed by atoms with Gasteiger partial charge in [-0.2, -0.15) is 14.9 Å². The number of fused-ring (bicyclic) bond motifs is 3. The summed E-state index contributed by atoms with van der Waals surface area (Å²) in [7, 11) is 0. The highest BCUT2D eigenvalue weighted by molar-refractivity contribution is 5.92. The first-order valence-corrected chi connectivity index (χ1v) is 11.8. The molecule has 2 aliphatic rings. The summed E-state index contributed by atoms with van der Waals surface area (Å²) in [4.78, 5) is 22.4. The zero-order valence-corrected chi connectivity index (χ0v) is 20.3. The van der Waals surface area contributed by atoms with Crippen LogP contribution in [-0.2, 0) is 6.54 Å². The van der Waals surface area contributed by atoms with E-state index in [1.165, 1.54) is 4.68 Å². The minimum absolute atomic E-state index is 0.222. The lowest BCUT2D eigenvalue weighted by molar-refractivity contribution is 0.697. The van der Waals surface area contributed by atoms with Gasteiger partial charge in [-0.05, 0) is 67.8 Å². The van der Waals surface area contributed by atoms with E-state index in [1.54, 1.807) is 6.20 Å². The largest absolute Gasteiger partial charge is 0.301 e. The maximum atomic E-state index is 13.5. The fraction of sp³-hybridized carbons (Fsp3) is 0.138. The summed E-state index contributed by atoms with van der Waals surface area (Å²) in [5.74, 6) is 0. The van der Waals surface area contributed by atoms with E-state index in [9.17, 15) is 4.79 Å². The Labute approximate surface area is 208 Å². The normalized spacial score (nSPS) is 11.4. The first-order chi connectivity index (χ1) is 17.5. The van der Waals surface area contributed by atoms with Gasteiger partial charge in [-0.3, -0.25) is 19.4 Å². The second-order valence-corrected chi connectivity index (χ2v) is 9.05. The van der Waals surface area contributed by atoms with Gasteiger partial charge in [0.2, 0.25) is 0 Å². The van der Waals surface area contributed by atoms with Crippen LogP contribution in [-0.4, -0.2) is 29.5 Å². The number of para-hydroxylation sites is 1. The first kappa shape index (κ1) is 21.9. The van der Waals surface area contributed by atoms with Crippen LogP contribution in [0.5, 0.6) is 0 Å². The predicted octanol–water partition coefficient (Wildman–Crippen LogP) is 5.12. The molecule has 0 aliphatic carbocycles. The third-order valence-corrected chi connectivity index (χ3v) is 6.63. The van der Waals surface area contributed by atoms with E-state index < -0.39 is 0 Å². The van der Waals surface area contributed by atoms with Crippen LogP contribution in [0, 0.1) is 20.8 Å². The second kappa shape index (κ2) is 8.53. The summed E-state index contributed by atoms with van der Waals surface area (Å²) < 4.78 is 3.34. The van der Waals surface area contributed by atoms with Gasteiger partial charge < -0.3 is 0 Å². The van der Waals surface area contributed by atoms with Gasteiger partial charge in [-0.1, -0.05) is 36.4 Å². The molecule has 6 rings (SSSR count). The van der Waals surface area contributed by atoms with Crippen LogP contribution in [0.25, 0.3) is 39.2 Å². The molecule has 2 aliphatic heterocycles. The van der Waals surface area contributed by atoms with Crippen molar-refractivity contribution in [2.45, 2.75) is 27.3 Å². The van der Waals surface area contributed by atoms with Crippen LogP contribution in [0.3, 0.4) is 0 Å². The van der Waals surface area contributed by atoms with Gasteiger partial charge in [-0.25, -0.2) is 0 Å². The number of pyridine rings is 2. The van der Waals surface area contributed by atoms with Crippen molar-refractivity contribution >= 4 is 10.9 Å². The third-order valence-electron chi connectivity index (χ3n) is 6.63. The van der Waals surface area contributed by atoms with E-state index in [0.717, 1.165) is 50.2 Å². The van der Waals surface area contributed by atoms with Gasteiger partial charge in [0.25, 0.3) is 0 Å². The highest BCUT2D eigenvalue weighted by Gasteiger charge is 2.23. The van der Waals surface area contributed by atoms with Crippen molar-refractivity contribution in [2.75, 3.05) is 0 Å². The Hall–Kier alpha value is -4.65. The standard InChI is InChI=1S/C29H24N6O/c1-18-7-6-10-25(20(18)3)35-29(36)28-27(33-35)23-8-4-5-9-26(23)34(32-28)17-21-11-12-24(31-16-21)22-13-14-30-19(2)15-22/h4-16H,17H2,1-3H3. The summed E-state index contributed by atoms with van der Waals surface area (Å²) in [5, 5.41) is 10.4. The number of nitrogens with zero attached hydrogens (tertiary/aromatic N) is 6. The highest BCUT2D eigenvalue weighted by atomic mass is 16.1. The monoisotopic (exact) mass is 472 g/mol. The molecule has 0 spiro atoms. The maximum absolute atomic E-state index is 13.5. The van der Waals surface area contributed by atoms with E-state index >= 15 is 0 Å². The molecule has 0 saturated heterocycles. The minimum atomic E-state index is -0.222. The van der Waals surface area contributed by atoms with E-state index in [4.69, 9.17) is 10.2 Å². The molecule has 36 heavy (non-hydrogen) atoms. The molecule has 4 aromatic rings. The van der Waals surface area contributed by atoms with Crippen molar-refractivity contribution in [2.24, 2.45) is 0 Å². The summed E-state index contributed by atoms with van der Waals surface area (Å²) in [6.45, 7) is 6.48. The van der Waals surface area contributed by atoms with Crippen LogP contribution in [0.15, 0.2) is 83.9 Å². The second-order valence-electron chi connectivity index (χ2n) is 9.05. The van der Waals surface area contributed by atoms with Gasteiger partial charge >= 0.3 is 5.56 Å². The number of hydrogen-bond acceptors (Lipinski definition) is 5. The van der Waals surface area contributed by atoms with Crippen molar-refractivity contribution in [1.82, 2.24) is 29.5 Å². The molecule has 2 aromatic heterocycles. The molecule has 0 amide bonds. The molecule has 0 atom stereocenters. The lowest BCUT2D eigenvalue weighted by atomic mass is 10.1. The molecule has 0 fully saturated rings. The van der Waals surface area contributed by atoms with Crippen LogP contribution in [0.4, 0.5) is 0 Å². The molecule has 0 N–H and O–H groups in total. The summed E-state index contributed by atoms with van der Waals surface area (Å²) in [6.07, 6.45) is 3.65. The number of hydrogen-bond donors (Lipinski definition) is 0. The Morgan fingerprint density at radius 3 is 2.50 bits per heavy atom. The summed E-state index contributed by atoms with van der Waals surface area (Å²) >= 11 is 0. The average molecular weight is 473 g/mol. The Kier molecular flexibility index (Phi) is 5.18. The predicted molar refractivity (Wildman–Crippen MR) is 141 cm³/mol. The van der Waals surface area contributed by atoms with Crippen molar-refractivity contribution < 1.29 is 0 Å². The van der Waals surface area contributed by atoms with Crippen LogP contribution < -0.4 is 5.56 Å². The quantitative estimate of drug-likeness (QED) is 0.356. The summed E-state index contributed by atoms with van der Waals surface area (Å²) in [6, 6.07) is 21.8. The van der Waals surface area contributed by atoms with E-state index in [2.05, 4.69) is 9.97 Å². The first-order valence-electron chi connectivity index (χ1n) is 11.8. The number of aryl methyl sites for hydroxylation is 2. The number of benzene rings is 2. The smallest absolute Gasteiger partial charge is 0.265 e. The molecule has 0 radical (unpaired) electrons. The SMILES string of the molecule is Cc1cc(-c2ccc(Cn3nc4c(=O)n(-c5cccc(C)c5C)nc-4c4ccccc43)cn2)ccn1. The molecular weight excluding hydrogens is 448 g/mol. The molecule has 176 valence electrons. The van der Waals surface area contributed by atoms with Crippen molar-refractivity contribution in [3.05, 3.63) is 112 Å². The molecular formula is C29H24N6O. The lowest BCUT2D eigenvalue weighted by Crippen LogP contribution is -2.18. The Morgan fingerprint density at radius 2 is 1.69 bits per heavy atom. The van der Waals surface area contributed by atoms with Crippen LogP contribution in [0.1, 0.15) is 22.4 Å². The number of aromatic nitrogens is 6. The Bertz CT molecular complexity index is 1760. The van der Waals surface area contributed by atoms with Crippen molar-refractivity contribution in [3.8, 4) is 28.3 Å².